The van der Waals surface area contributed by atoms with Crippen LogP contribution >= 0.6 is 11.6 Å². The highest BCUT2D eigenvalue weighted by Crippen LogP contribution is 2.42. The van der Waals surface area contributed by atoms with E-state index >= 15 is 0 Å². The fraction of sp³-hybridized carbons (Fsp3) is 0.483. The molecule has 5 nitrogen and oxygen atoms in total. The van der Waals surface area contributed by atoms with Crippen LogP contribution in [0.15, 0.2) is 42.7 Å². The molecule has 0 amide bonds. The van der Waals surface area contributed by atoms with Crippen LogP contribution in [0.1, 0.15) is 42.9 Å². The molecule has 5 rings (SSSR count). The number of piperidine rings is 1. The van der Waals surface area contributed by atoms with Crippen molar-refractivity contribution in [2.45, 2.75) is 57.9 Å². The Bertz CT molecular complexity index is 1270. The molecule has 2 aromatic carbocycles. The number of hydrogen-bond acceptors (Lipinski definition) is 4. The maximum Gasteiger partial charge on any atom is 0.418 e. The van der Waals surface area contributed by atoms with Gasteiger partial charge in [-0.3, -0.25) is 9.80 Å². The third kappa shape index (κ3) is 6.10. The van der Waals surface area contributed by atoms with Crippen molar-refractivity contribution in [3.63, 3.8) is 0 Å². The zero-order valence-corrected chi connectivity index (χ0v) is 23.0. The van der Waals surface area contributed by atoms with Crippen molar-refractivity contribution in [1.29, 1.82) is 0 Å². The summed E-state index contributed by atoms with van der Waals surface area (Å²) in [5.41, 5.74) is 1.34. The number of piperazine rings is 1. The molecule has 10 heteroatoms. The first-order valence-corrected chi connectivity index (χ1v) is 13.9. The van der Waals surface area contributed by atoms with E-state index in [1.54, 1.807) is 31.3 Å². The first-order valence-electron chi connectivity index (χ1n) is 13.5. The number of H-pyrrole nitrogens is 1. The van der Waals surface area contributed by atoms with Gasteiger partial charge in [0.1, 0.15) is 11.6 Å². The Hall–Kier alpha value is -2.62. The quantitative estimate of drug-likeness (QED) is 0.336. The van der Waals surface area contributed by atoms with Crippen LogP contribution in [0.4, 0.5) is 23.2 Å². The Labute approximate surface area is 231 Å². The van der Waals surface area contributed by atoms with E-state index in [2.05, 4.69) is 26.7 Å². The van der Waals surface area contributed by atoms with E-state index in [0.29, 0.717) is 59.8 Å². The minimum absolute atomic E-state index is 0.161. The fourth-order valence-electron chi connectivity index (χ4n) is 6.19. The molecule has 1 atom stereocenters. The largest absolute Gasteiger partial charge is 0.418 e. The summed E-state index contributed by atoms with van der Waals surface area (Å²) in [4.78, 5) is 13.7. The van der Waals surface area contributed by atoms with Crippen molar-refractivity contribution in [3.05, 3.63) is 70.3 Å². The lowest BCUT2D eigenvalue weighted by Gasteiger charge is -2.48. The Morgan fingerprint density at radius 2 is 1.85 bits per heavy atom. The summed E-state index contributed by atoms with van der Waals surface area (Å²) >= 11 is 5.89. The van der Waals surface area contributed by atoms with Crippen molar-refractivity contribution in [3.8, 4) is 11.4 Å². The minimum atomic E-state index is -4.47. The molecule has 210 valence electrons. The number of halogens is 5. The summed E-state index contributed by atoms with van der Waals surface area (Å²) in [5.74, 6) is 0.147. The summed E-state index contributed by atoms with van der Waals surface area (Å²) in [6.07, 6.45) is 1.44. The first-order chi connectivity index (χ1) is 18.6. The normalized spacial score (nSPS) is 20.1. The molecular formula is C29H34ClF4N5. The average Bonchev–Trinajstić information content (AvgIpc) is 3.45. The zero-order valence-electron chi connectivity index (χ0n) is 22.2. The van der Waals surface area contributed by atoms with Crippen LogP contribution < -0.4 is 4.90 Å². The summed E-state index contributed by atoms with van der Waals surface area (Å²) in [6.45, 7) is 7.93. The molecule has 1 aromatic heterocycles. The van der Waals surface area contributed by atoms with Gasteiger partial charge in [-0.1, -0.05) is 24.6 Å². The van der Waals surface area contributed by atoms with E-state index in [1.165, 1.54) is 18.3 Å². The molecule has 0 spiro atoms. The lowest BCUT2D eigenvalue weighted by atomic mass is 9.96. The highest BCUT2D eigenvalue weighted by Gasteiger charge is 2.39. The summed E-state index contributed by atoms with van der Waals surface area (Å²) in [7, 11) is 0. The number of benzene rings is 2. The van der Waals surface area contributed by atoms with Gasteiger partial charge in [0.05, 0.1) is 11.3 Å². The van der Waals surface area contributed by atoms with Gasteiger partial charge in [0, 0.05) is 66.8 Å². The molecule has 39 heavy (non-hydrogen) atoms. The molecule has 3 heterocycles. The number of hydrogen-bond donors (Lipinski definition) is 1. The smallest absolute Gasteiger partial charge is 0.368 e. The average molecular weight is 564 g/mol. The molecule has 0 saturated carbocycles. The lowest BCUT2D eigenvalue weighted by Crippen LogP contribution is -2.58. The number of alkyl halides is 3. The third-order valence-electron chi connectivity index (χ3n) is 8.13. The monoisotopic (exact) mass is 563 g/mol. The number of imidazole rings is 1. The maximum absolute atomic E-state index is 14.3. The zero-order chi connectivity index (χ0) is 27.7. The minimum Gasteiger partial charge on any atom is -0.368 e. The second kappa shape index (κ2) is 11.5. The van der Waals surface area contributed by atoms with Crippen molar-refractivity contribution in [2.75, 3.05) is 37.6 Å². The van der Waals surface area contributed by atoms with E-state index in [1.807, 2.05) is 4.90 Å². The number of nitrogens with one attached hydrogen (secondary N) is 1. The molecule has 3 aromatic rings. The van der Waals surface area contributed by atoms with Crippen molar-refractivity contribution in [2.24, 2.45) is 0 Å². The van der Waals surface area contributed by atoms with E-state index in [9.17, 15) is 17.6 Å². The summed E-state index contributed by atoms with van der Waals surface area (Å²) in [6, 6.07) is 8.35. The van der Waals surface area contributed by atoms with Crippen LogP contribution in [0, 0.1) is 12.7 Å². The molecule has 2 saturated heterocycles. The second-order valence-corrected chi connectivity index (χ2v) is 11.1. The van der Waals surface area contributed by atoms with Crippen LogP contribution in [0.2, 0.25) is 5.02 Å². The van der Waals surface area contributed by atoms with Crippen LogP contribution in [-0.2, 0) is 12.7 Å². The molecule has 0 aliphatic carbocycles. The van der Waals surface area contributed by atoms with Gasteiger partial charge in [0.25, 0.3) is 0 Å². The number of aryl methyl sites for hydroxylation is 1. The Kier molecular flexibility index (Phi) is 8.21. The van der Waals surface area contributed by atoms with Gasteiger partial charge in [-0.05, 0) is 69.1 Å². The third-order valence-corrected chi connectivity index (χ3v) is 8.36. The van der Waals surface area contributed by atoms with E-state index < -0.39 is 11.7 Å². The summed E-state index contributed by atoms with van der Waals surface area (Å²) < 4.78 is 57.1. The number of rotatable bonds is 6. The highest BCUT2D eigenvalue weighted by molar-refractivity contribution is 6.30. The number of aromatic nitrogens is 2. The van der Waals surface area contributed by atoms with Gasteiger partial charge in [0.2, 0.25) is 0 Å². The van der Waals surface area contributed by atoms with E-state index in [4.69, 9.17) is 11.6 Å². The van der Waals surface area contributed by atoms with Gasteiger partial charge in [-0.2, -0.15) is 13.2 Å². The second-order valence-electron chi connectivity index (χ2n) is 10.6. The molecular weight excluding hydrogens is 530 g/mol. The maximum atomic E-state index is 14.3. The van der Waals surface area contributed by atoms with Crippen molar-refractivity contribution < 1.29 is 17.6 Å². The van der Waals surface area contributed by atoms with Crippen molar-refractivity contribution in [1.82, 2.24) is 19.8 Å². The number of aromatic amines is 1. The Morgan fingerprint density at radius 1 is 1.08 bits per heavy atom. The van der Waals surface area contributed by atoms with Gasteiger partial charge in [-0.15, -0.1) is 0 Å². The van der Waals surface area contributed by atoms with Crippen molar-refractivity contribution >= 4 is 17.3 Å². The molecule has 2 aliphatic heterocycles. The first kappa shape index (κ1) is 27.9. The predicted octanol–water partition coefficient (Wildman–Crippen LogP) is 6.76. The van der Waals surface area contributed by atoms with Gasteiger partial charge < -0.3 is 9.88 Å². The van der Waals surface area contributed by atoms with E-state index in [-0.39, 0.29) is 17.5 Å². The highest BCUT2D eigenvalue weighted by atomic mass is 35.5. The van der Waals surface area contributed by atoms with E-state index in [0.717, 1.165) is 32.4 Å². The molecule has 2 aliphatic rings. The molecule has 0 bridgehead atoms. The lowest BCUT2D eigenvalue weighted by molar-refractivity contribution is -0.137. The van der Waals surface area contributed by atoms with Crippen LogP contribution in [0.5, 0.6) is 0 Å². The molecule has 1 N–H and O–H groups in total. The van der Waals surface area contributed by atoms with Crippen LogP contribution in [0.25, 0.3) is 11.4 Å². The summed E-state index contributed by atoms with van der Waals surface area (Å²) in [5, 5.41) is 0.394. The molecule has 0 radical (unpaired) electrons. The fourth-order valence-corrected chi connectivity index (χ4v) is 6.35. The Balaban J connectivity index is 1.28. The molecule has 2 fully saturated rings. The van der Waals surface area contributed by atoms with Gasteiger partial charge in [-0.25, -0.2) is 9.37 Å². The predicted molar refractivity (Wildman–Crippen MR) is 146 cm³/mol. The van der Waals surface area contributed by atoms with Gasteiger partial charge in [0.15, 0.2) is 0 Å². The Morgan fingerprint density at radius 3 is 2.49 bits per heavy atom. The molecule has 0 unspecified atom stereocenters. The number of nitrogens with zero attached hydrogens (tertiary/aromatic N) is 4. The van der Waals surface area contributed by atoms with Crippen LogP contribution in [-0.4, -0.2) is 64.6 Å². The van der Waals surface area contributed by atoms with Crippen LogP contribution in [0.3, 0.4) is 0 Å². The number of anilines is 1. The standard InChI is InChI=1S/C29H34ClF4N5/c1-3-23-18-38(27-19(2)14-21(28-35-8-9-36-28)15-25(27)29(32,33)34)12-13-39(23)24-6-10-37(11-7-24)17-20-4-5-22(30)16-26(20)31/h4-5,8-9,14-16,23-24H,3,6-7,10-13,17-18H2,1-2H3,(H,35,36)/t23-/m0/s1. The topological polar surface area (TPSA) is 38.4 Å². The van der Waals surface area contributed by atoms with Gasteiger partial charge >= 0.3 is 6.18 Å². The number of likely N-dealkylation sites (tertiary alicyclic amines) is 1. The SMILES string of the molecule is CC[C@H]1CN(c2c(C)cc(-c3ncc[nH]3)cc2C(F)(F)F)CCN1C1CCN(Cc2ccc(Cl)cc2F)CC1.